The van der Waals surface area contributed by atoms with Crippen molar-refractivity contribution in [1.82, 2.24) is 14.5 Å². The van der Waals surface area contributed by atoms with Crippen molar-refractivity contribution in [3.8, 4) is 0 Å². The predicted molar refractivity (Wildman–Crippen MR) is 91.8 cm³/mol. The molecule has 2 aromatic rings. The van der Waals surface area contributed by atoms with Crippen LogP contribution < -0.4 is 5.56 Å². The van der Waals surface area contributed by atoms with Gasteiger partial charge in [-0.15, -0.1) is 0 Å². The summed E-state index contributed by atoms with van der Waals surface area (Å²) in [4.78, 5) is 33.3. The molecule has 3 rings (SSSR count). The fraction of sp³-hybridized carbons (Fsp3) is 0.474. The van der Waals surface area contributed by atoms with Gasteiger partial charge in [-0.1, -0.05) is 31.7 Å². The lowest BCUT2D eigenvalue weighted by molar-refractivity contribution is -0.122. The van der Waals surface area contributed by atoms with Crippen LogP contribution in [0.1, 0.15) is 49.4 Å². The van der Waals surface area contributed by atoms with Gasteiger partial charge < -0.3 is 4.57 Å². The monoisotopic (exact) mass is 325 g/mol. The van der Waals surface area contributed by atoms with Gasteiger partial charge in [-0.05, 0) is 30.9 Å². The SMILES string of the molecule is Cc1ccc(=O)n([C@@H](CC2CCCC2)C(=O)Cc2ccncn2)c1. The van der Waals surface area contributed by atoms with Crippen molar-refractivity contribution in [3.63, 3.8) is 0 Å². The molecule has 1 aliphatic carbocycles. The van der Waals surface area contributed by atoms with E-state index in [-0.39, 0.29) is 17.8 Å². The third-order valence-corrected chi connectivity index (χ3v) is 4.82. The summed E-state index contributed by atoms with van der Waals surface area (Å²) in [5.74, 6) is 0.574. The van der Waals surface area contributed by atoms with E-state index >= 15 is 0 Å². The lowest BCUT2D eigenvalue weighted by Crippen LogP contribution is -2.31. The van der Waals surface area contributed by atoms with Crippen LogP contribution in [0.25, 0.3) is 0 Å². The lowest BCUT2D eigenvalue weighted by atomic mass is 9.93. The minimum atomic E-state index is -0.407. The molecule has 0 bridgehead atoms. The summed E-state index contributed by atoms with van der Waals surface area (Å²) in [6, 6.07) is 4.69. The van der Waals surface area contributed by atoms with Gasteiger partial charge in [0.25, 0.3) is 5.56 Å². The first-order chi connectivity index (χ1) is 11.6. The van der Waals surface area contributed by atoms with E-state index in [2.05, 4.69) is 9.97 Å². The maximum atomic E-state index is 12.9. The third kappa shape index (κ3) is 3.96. The number of nitrogens with zero attached hydrogens (tertiary/aromatic N) is 3. The van der Waals surface area contributed by atoms with Crippen LogP contribution in [0.2, 0.25) is 0 Å². The van der Waals surface area contributed by atoms with Crippen molar-refractivity contribution in [2.45, 2.75) is 51.5 Å². The summed E-state index contributed by atoms with van der Waals surface area (Å²) in [6.07, 6.45) is 10.6. The molecular weight excluding hydrogens is 302 g/mol. The second-order valence-corrected chi connectivity index (χ2v) is 6.70. The fourth-order valence-corrected chi connectivity index (χ4v) is 3.54. The largest absolute Gasteiger partial charge is 0.305 e. The summed E-state index contributed by atoms with van der Waals surface area (Å²) in [7, 11) is 0. The number of carbonyl (C=O) groups is 1. The van der Waals surface area contributed by atoms with E-state index in [1.165, 1.54) is 19.2 Å². The number of rotatable bonds is 6. The van der Waals surface area contributed by atoms with Gasteiger partial charge >= 0.3 is 0 Å². The van der Waals surface area contributed by atoms with Crippen LogP contribution in [-0.4, -0.2) is 20.3 Å². The van der Waals surface area contributed by atoms with Gasteiger partial charge in [0.1, 0.15) is 6.33 Å². The van der Waals surface area contributed by atoms with Crippen LogP contribution in [-0.2, 0) is 11.2 Å². The first kappa shape index (κ1) is 16.6. The Labute approximate surface area is 141 Å². The van der Waals surface area contributed by atoms with Gasteiger partial charge in [0.05, 0.1) is 18.2 Å². The van der Waals surface area contributed by atoms with E-state index in [1.807, 2.05) is 6.92 Å². The number of ketones is 1. The second kappa shape index (κ2) is 7.51. The number of hydrogen-bond donors (Lipinski definition) is 0. The average molecular weight is 325 g/mol. The molecule has 0 aromatic carbocycles. The van der Waals surface area contributed by atoms with Crippen molar-refractivity contribution < 1.29 is 4.79 Å². The van der Waals surface area contributed by atoms with E-state index in [0.717, 1.165) is 24.8 Å². The summed E-state index contributed by atoms with van der Waals surface area (Å²) < 4.78 is 1.62. The predicted octanol–water partition coefficient (Wildman–Crippen LogP) is 2.88. The third-order valence-electron chi connectivity index (χ3n) is 4.82. The van der Waals surface area contributed by atoms with Crippen LogP contribution in [0.3, 0.4) is 0 Å². The molecule has 126 valence electrons. The number of hydrogen-bond acceptors (Lipinski definition) is 4. The number of aromatic nitrogens is 3. The molecule has 1 aliphatic rings. The highest BCUT2D eigenvalue weighted by atomic mass is 16.1. The highest BCUT2D eigenvalue weighted by molar-refractivity contribution is 5.84. The summed E-state index contributed by atoms with van der Waals surface area (Å²) in [6.45, 7) is 1.94. The minimum absolute atomic E-state index is 0.0494. The van der Waals surface area contributed by atoms with E-state index in [4.69, 9.17) is 0 Å². The first-order valence-electron chi connectivity index (χ1n) is 8.60. The molecule has 5 heteroatoms. The van der Waals surface area contributed by atoms with Crippen LogP contribution in [0.5, 0.6) is 0 Å². The molecule has 5 nitrogen and oxygen atoms in total. The molecule has 0 unspecified atom stereocenters. The second-order valence-electron chi connectivity index (χ2n) is 6.70. The Kier molecular flexibility index (Phi) is 5.18. The van der Waals surface area contributed by atoms with Gasteiger partial charge in [-0.3, -0.25) is 9.59 Å². The van der Waals surface area contributed by atoms with Crippen LogP contribution in [0, 0.1) is 12.8 Å². The molecule has 0 saturated heterocycles. The molecule has 1 fully saturated rings. The Morgan fingerprint density at radius 2 is 2.08 bits per heavy atom. The Hall–Kier alpha value is -2.30. The molecule has 0 aliphatic heterocycles. The van der Waals surface area contributed by atoms with Gasteiger partial charge in [0, 0.05) is 18.5 Å². The zero-order chi connectivity index (χ0) is 16.9. The molecule has 24 heavy (non-hydrogen) atoms. The number of Topliss-reactive ketones (excluding diaryl/α,β-unsaturated/α-hetero) is 1. The highest BCUT2D eigenvalue weighted by Crippen LogP contribution is 2.32. The van der Waals surface area contributed by atoms with Crippen molar-refractivity contribution in [2.24, 2.45) is 5.92 Å². The van der Waals surface area contributed by atoms with Crippen LogP contribution in [0.15, 0.2) is 41.7 Å². The van der Waals surface area contributed by atoms with Crippen molar-refractivity contribution in [3.05, 3.63) is 58.5 Å². The van der Waals surface area contributed by atoms with Gasteiger partial charge in [0.15, 0.2) is 5.78 Å². The number of carbonyl (C=O) groups excluding carboxylic acids is 1. The number of aryl methyl sites for hydroxylation is 1. The Morgan fingerprint density at radius 1 is 1.29 bits per heavy atom. The van der Waals surface area contributed by atoms with Crippen LogP contribution in [0.4, 0.5) is 0 Å². The molecule has 1 saturated carbocycles. The summed E-state index contributed by atoms with van der Waals surface area (Å²) in [5.41, 5.74) is 1.58. The van der Waals surface area contributed by atoms with Crippen molar-refractivity contribution in [1.29, 1.82) is 0 Å². The minimum Gasteiger partial charge on any atom is -0.305 e. The molecule has 2 heterocycles. The normalized spacial score (nSPS) is 16.2. The standard InChI is InChI=1S/C19H23N3O2/c1-14-6-7-19(24)22(12-14)17(10-15-4-2-3-5-15)18(23)11-16-8-9-20-13-21-16/h6-9,12-13,15,17H,2-5,10-11H2,1H3/t17-/m0/s1. The van der Waals surface area contributed by atoms with Gasteiger partial charge in [-0.25, -0.2) is 9.97 Å². The first-order valence-corrected chi connectivity index (χ1v) is 8.60. The Morgan fingerprint density at radius 3 is 2.79 bits per heavy atom. The van der Waals surface area contributed by atoms with Crippen molar-refractivity contribution in [2.75, 3.05) is 0 Å². The molecular formula is C19H23N3O2. The van der Waals surface area contributed by atoms with Gasteiger partial charge in [0.2, 0.25) is 0 Å². The average Bonchev–Trinajstić information content (AvgIpc) is 3.09. The Bertz CT molecular complexity index is 749. The number of pyridine rings is 1. The van der Waals surface area contributed by atoms with Gasteiger partial charge in [-0.2, -0.15) is 0 Å². The molecule has 0 N–H and O–H groups in total. The van der Waals surface area contributed by atoms with Crippen molar-refractivity contribution >= 4 is 5.78 Å². The molecule has 0 amide bonds. The topological polar surface area (TPSA) is 64.8 Å². The molecule has 0 radical (unpaired) electrons. The van der Waals surface area contributed by atoms with Crippen LogP contribution >= 0.6 is 0 Å². The smallest absolute Gasteiger partial charge is 0.251 e. The van der Waals surface area contributed by atoms with E-state index in [0.29, 0.717) is 11.6 Å². The summed E-state index contributed by atoms with van der Waals surface area (Å²) in [5, 5.41) is 0. The van der Waals surface area contributed by atoms with E-state index in [9.17, 15) is 9.59 Å². The Balaban J connectivity index is 1.87. The van der Waals surface area contributed by atoms with E-state index in [1.54, 1.807) is 35.2 Å². The zero-order valence-electron chi connectivity index (χ0n) is 14.0. The molecule has 1 atom stereocenters. The zero-order valence-corrected chi connectivity index (χ0v) is 14.0. The molecule has 2 aromatic heterocycles. The molecule has 0 spiro atoms. The maximum Gasteiger partial charge on any atom is 0.251 e. The maximum absolute atomic E-state index is 12.9. The quantitative estimate of drug-likeness (QED) is 0.819. The summed E-state index contributed by atoms with van der Waals surface area (Å²) >= 11 is 0. The lowest BCUT2D eigenvalue weighted by Gasteiger charge is -2.22. The van der Waals surface area contributed by atoms with E-state index < -0.39 is 6.04 Å². The highest BCUT2D eigenvalue weighted by Gasteiger charge is 2.27. The fourth-order valence-electron chi connectivity index (χ4n) is 3.54.